The van der Waals surface area contributed by atoms with Gasteiger partial charge in [-0.15, -0.1) is 0 Å². The number of imidazole rings is 1. The van der Waals surface area contributed by atoms with E-state index >= 15 is 0 Å². The van der Waals surface area contributed by atoms with Gasteiger partial charge in [0.1, 0.15) is 0 Å². The van der Waals surface area contributed by atoms with Crippen LogP contribution in [0.25, 0.3) is 5.52 Å². The third kappa shape index (κ3) is 3.96. The Morgan fingerprint density at radius 3 is 2.55 bits per heavy atom. The van der Waals surface area contributed by atoms with Gasteiger partial charge in [0.15, 0.2) is 17.3 Å². The van der Waals surface area contributed by atoms with E-state index in [0.717, 1.165) is 37.8 Å². The first-order valence-electron chi connectivity index (χ1n) is 9.57. The summed E-state index contributed by atoms with van der Waals surface area (Å²) in [6.45, 7) is 0. The number of rotatable bonds is 4. The van der Waals surface area contributed by atoms with E-state index in [1.54, 1.807) is 28.8 Å². The lowest BCUT2D eigenvalue weighted by Gasteiger charge is -2.22. The van der Waals surface area contributed by atoms with E-state index < -0.39 is 17.5 Å². The number of nitrogens with zero attached hydrogens (tertiary/aromatic N) is 2. The van der Waals surface area contributed by atoms with Crippen molar-refractivity contribution < 1.29 is 18.4 Å². The van der Waals surface area contributed by atoms with Gasteiger partial charge in [-0.3, -0.25) is 14.0 Å². The minimum Gasteiger partial charge on any atom is -0.347 e. The fraction of sp³-hybridized carbons (Fsp3) is 0.286. The Labute approximate surface area is 165 Å². The summed E-state index contributed by atoms with van der Waals surface area (Å²) in [6.07, 6.45) is 6.85. The van der Waals surface area contributed by atoms with Crippen molar-refractivity contribution >= 4 is 23.0 Å². The van der Waals surface area contributed by atoms with Gasteiger partial charge in [0.25, 0.3) is 11.8 Å². The van der Waals surface area contributed by atoms with Gasteiger partial charge in [-0.1, -0.05) is 25.3 Å². The maximum absolute atomic E-state index is 13.4. The monoisotopic (exact) mass is 398 g/mol. The van der Waals surface area contributed by atoms with Crippen LogP contribution in [0.3, 0.4) is 0 Å². The number of aromatic nitrogens is 2. The molecule has 0 spiro atoms. The van der Waals surface area contributed by atoms with Gasteiger partial charge >= 0.3 is 0 Å². The van der Waals surface area contributed by atoms with Crippen LogP contribution < -0.4 is 10.6 Å². The minimum atomic E-state index is -1.06. The Balaban J connectivity index is 1.61. The van der Waals surface area contributed by atoms with Crippen molar-refractivity contribution in [2.45, 2.75) is 38.1 Å². The van der Waals surface area contributed by atoms with E-state index in [9.17, 15) is 18.4 Å². The second-order valence-electron chi connectivity index (χ2n) is 7.13. The fourth-order valence-electron chi connectivity index (χ4n) is 3.63. The Kier molecular flexibility index (Phi) is 5.24. The highest BCUT2D eigenvalue weighted by molar-refractivity contribution is 6.08. The number of pyridine rings is 1. The topological polar surface area (TPSA) is 75.5 Å². The van der Waals surface area contributed by atoms with Crippen LogP contribution in [0.4, 0.5) is 14.5 Å². The number of anilines is 1. The SMILES string of the molecule is O=C(Nc1ccc(F)c(F)c1)c1nc(C(=O)NC2CCCCC2)n2ccccc12. The first-order chi connectivity index (χ1) is 14.0. The number of amides is 2. The highest BCUT2D eigenvalue weighted by Crippen LogP contribution is 2.20. The van der Waals surface area contributed by atoms with Gasteiger partial charge in [-0.05, 0) is 37.1 Å². The van der Waals surface area contributed by atoms with Crippen molar-refractivity contribution in [2.24, 2.45) is 0 Å². The molecule has 4 rings (SSSR count). The molecule has 8 heteroatoms. The molecule has 0 bridgehead atoms. The number of hydrogen-bond acceptors (Lipinski definition) is 3. The molecule has 0 atom stereocenters. The smallest absolute Gasteiger partial charge is 0.287 e. The largest absolute Gasteiger partial charge is 0.347 e. The molecule has 2 N–H and O–H groups in total. The van der Waals surface area contributed by atoms with Crippen molar-refractivity contribution in [1.82, 2.24) is 14.7 Å². The summed E-state index contributed by atoms with van der Waals surface area (Å²) < 4.78 is 28.1. The van der Waals surface area contributed by atoms with Gasteiger partial charge in [0.2, 0.25) is 5.82 Å². The lowest BCUT2D eigenvalue weighted by molar-refractivity contribution is 0.0916. The van der Waals surface area contributed by atoms with E-state index in [0.29, 0.717) is 5.52 Å². The molecule has 1 saturated carbocycles. The molecule has 1 fully saturated rings. The average molecular weight is 398 g/mol. The quantitative estimate of drug-likeness (QED) is 0.699. The summed E-state index contributed by atoms with van der Waals surface area (Å²) in [7, 11) is 0. The third-order valence-electron chi connectivity index (χ3n) is 5.08. The number of hydrogen-bond donors (Lipinski definition) is 2. The number of nitrogens with one attached hydrogen (secondary N) is 2. The summed E-state index contributed by atoms with van der Waals surface area (Å²) in [5, 5.41) is 5.50. The predicted octanol–water partition coefficient (Wildman–Crippen LogP) is 3.93. The van der Waals surface area contributed by atoms with Gasteiger partial charge in [-0.2, -0.15) is 0 Å². The summed E-state index contributed by atoms with van der Waals surface area (Å²) in [4.78, 5) is 29.8. The summed E-state index contributed by atoms with van der Waals surface area (Å²) in [5.41, 5.74) is 0.574. The number of halogens is 2. The molecule has 150 valence electrons. The maximum atomic E-state index is 13.4. The standard InChI is InChI=1S/C21H20F2N4O2/c22-15-10-9-14(12-16(15)23)25-20(28)18-17-8-4-5-11-27(17)19(26-18)21(29)24-13-6-2-1-3-7-13/h4-5,8-13H,1-3,6-7H2,(H,24,29)(H,25,28). The molecule has 1 aromatic carbocycles. The molecule has 2 heterocycles. The molecular weight excluding hydrogens is 378 g/mol. The molecule has 0 aliphatic heterocycles. The number of carbonyl (C=O) groups is 2. The van der Waals surface area contributed by atoms with Crippen LogP contribution in [0.15, 0.2) is 42.6 Å². The first kappa shape index (κ1) is 19.0. The molecule has 1 aliphatic carbocycles. The molecule has 3 aromatic rings. The predicted molar refractivity (Wildman–Crippen MR) is 104 cm³/mol. The van der Waals surface area contributed by atoms with Crippen molar-refractivity contribution in [3.63, 3.8) is 0 Å². The zero-order valence-corrected chi connectivity index (χ0v) is 15.6. The number of fused-ring (bicyclic) bond motifs is 1. The van der Waals surface area contributed by atoms with Crippen molar-refractivity contribution in [1.29, 1.82) is 0 Å². The van der Waals surface area contributed by atoms with E-state index in [1.807, 2.05) is 0 Å². The van der Waals surface area contributed by atoms with E-state index in [2.05, 4.69) is 15.6 Å². The lowest BCUT2D eigenvalue weighted by atomic mass is 9.95. The molecule has 2 aromatic heterocycles. The zero-order valence-electron chi connectivity index (χ0n) is 15.6. The maximum Gasteiger partial charge on any atom is 0.287 e. The van der Waals surface area contributed by atoms with E-state index in [4.69, 9.17) is 0 Å². The molecule has 6 nitrogen and oxygen atoms in total. The summed E-state index contributed by atoms with van der Waals surface area (Å²) in [6, 6.07) is 8.32. The van der Waals surface area contributed by atoms with Crippen LogP contribution in [0.5, 0.6) is 0 Å². The van der Waals surface area contributed by atoms with Crippen LogP contribution >= 0.6 is 0 Å². The highest BCUT2D eigenvalue weighted by Gasteiger charge is 2.24. The normalized spacial score (nSPS) is 14.7. The number of benzene rings is 1. The lowest BCUT2D eigenvalue weighted by Crippen LogP contribution is -2.37. The molecule has 0 unspecified atom stereocenters. The van der Waals surface area contributed by atoms with Crippen LogP contribution in [0.1, 0.15) is 53.2 Å². The molecule has 0 saturated heterocycles. The summed E-state index contributed by atoms with van der Waals surface area (Å²) >= 11 is 0. The van der Waals surface area contributed by atoms with Crippen LogP contribution in [0, 0.1) is 11.6 Å². The second-order valence-corrected chi connectivity index (χ2v) is 7.13. The van der Waals surface area contributed by atoms with Gasteiger partial charge in [-0.25, -0.2) is 13.8 Å². The van der Waals surface area contributed by atoms with Gasteiger partial charge in [0, 0.05) is 24.0 Å². The molecule has 2 amide bonds. The summed E-state index contributed by atoms with van der Waals surface area (Å²) in [5.74, 6) is -2.91. The first-order valence-corrected chi connectivity index (χ1v) is 9.57. The number of carbonyl (C=O) groups excluding carboxylic acids is 2. The van der Waals surface area contributed by atoms with Crippen LogP contribution in [-0.2, 0) is 0 Å². The Morgan fingerprint density at radius 2 is 1.79 bits per heavy atom. The average Bonchev–Trinajstić information content (AvgIpc) is 3.11. The van der Waals surface area contributed by atoms with Crippen LogP contribution in [-0.4, -0.2) is 27.2 Å². The van der Waals surface area contributed by atoms with E-state index in [1.165, 1.54) is 12.5 Å². The molecule has 29 heavy (non-hydrogen) atoms. The van der Waals surface area contributed by atoms with Crippen molar-refractivity contribution in [2.75, 3.05) is 5.32 Å². The Bertz CT molecular complexity index is 1070. The van der Waals surface area contributed by atoms with E-state index in [-0.39, 0.29) is 29.2 Å². The highest BCUT2D eigenvalue weighted by atomic mass is 19.2. The van der Waals surface area contributed by atoms with Gasteiger partial charge < -0.3 is 10.6 Å². The minimum absolute atomic E-state index is 0.0316. The third-order valence-corrected chi connectivity index (χ3v) is 5.08. The molecular formula is C21H20F2N4O2. The Hall–Kier alpha value is -3.29. The Morgan fingerprint density at radius 1 is 1.00 bits per heavy atom. The fourth-order valence-corrected chi connectivity index (χ4v) is 3.63. The van der Waals surface area contributed by atoms with Crippen LogP contribution in [0.2, 0.25) is 0 Å². The zero-order chi connectivity index (χ0) is 20.4. The van der Waals surface area contributed by atoms with Crippen molar-refractivity contribution in [3.05, 3.63) is 65.7 Å². The van der Waals surface area contributed by atoms with Gasteiger partial charge in [0.05, 0.1) is 5.52 Å². The molecule has 1 aliphatic rings. The van der Waals surface area contributed by atoms with Crippen molar-refractivity contribution in [3.8, 4) is 0 Å². The second kappa shape index (κ2) is 7.98. The molecule has 0 radical (unpaired) electrons.